The molecule has 0 bridgehead atoms. The van der Waals surface area contributed by atoms with E-state index in [9.17, 15) is 0 Å². The molecule has 0 spiro atoms. The van der Waals surface area contributed by atoms with Crippen LogP contribution in [0.5, 0.6) is 0 Å². The molecule has 1 aliphatic rings. The topological polar surface area (TPSA) is 9.23 Å². The summed E-state index contributed by atoms with van der Waals surface area (Å²) in [4.78, 5) is 0. The molecule has 2 unspecified atom stereocenters. The highest BCUT2D eigenvalue weighted by molar-refractivity contribution is 7.07. The lowest BCUT2D eigenvalue weighted by Crippen LogP contribution is -2.20. The fourth-order valence-electron chi connectivity index (χ4n) is 2.17. The van der Waals surface area contributed by atoms with Crippen molar-refractivity contribution in [1.82, 2.24) is 0 Å². The molecule has 1 nitrogen and oxygen atoms in total. The van der Waals surface area contributed by atoms with Crippen molar-refractivity contribution in [2.24, 2.45) is 0 Å². The minimum Gasteiger partial charge on any atom is -0.378 e. The summed E-state index contributed by atoms with van der Waals surface area (Å²) in [5, 5.41) is 4.57. The van der Waals surface area contributed by atoms with Crippen LogP contribution in [-0.4, -0.2) is 18.1 Å². The van der Waals surface area contributed by atoms with Crippen molar-refractivity contribution in [3.8, 4) is 0 Å². The van der Waals surface area contributed by atoms with Gasteiger partial charge in [-0.15, -0.1) is 11.6 Å². The van der Waals surface area contributed by atoms with Crippen LogP contribution in [0.3, 0.4) is 0 Å². The summed E-state index contributed by atoms with van der Waals surface area (Å²) in [6.45, 7) is 0.947. The largest absolute Gasteiger partial charge is 0.378 e. The molecule has 0 N–H and O–H groups in total. The molecule has 0 radical (unpaired) electrons. The highest BCUT2D eigenvalue weighted by Crippen LogP contribution is 2.21. The maximum absolute atomic E-state index is 6.34. The van der Waals surface area contributed by atoms with E-state index >= 15 is 0 Å². The quantitative estimate of drug-likeness (QED) is 0.718. The summed E-state index contributed by atoms with van der Waals surface area (Å²) in [7, 11) is 0. The van der Waals surface area contributed by atoms with Gasteiger partial charge in [0.05, 0.1) is 6.10 Å². The van der Waals surface area contributed by atoms with E-state index in [-0.39, 0.29) is 5.38 Å². The molecule has 0 aromatic carbocycles. The minimum absolute atomic E-state index is 0.264. The molecule has 1 aliphatic heterocycles. The summed E-state index contributed by atoms with van der Waals surface area (Å²) < 4.78 is 5.71. The summed E-state index contributed by atoms with van der Waals surface area (Å²) >= 11 is 8.08. The molecule has 2 heterocycles. The molecule has 1 aromatic rings. The maximum atomic E-state index is 6.34. The first-order valence-corrected chi connectivity index (χ1v) is 7.49. The van der Waals surface area contributed by atoms with Crippen molar-refractivity contribution in [3.63, 3.8) is 0 Å². The number of thiophene rings is 1. The first kappa shape index (κ1) is 12.4. The Hall–Kier alpha value is -0.0500. The summed E-state index contributed by atoms with van der Waals surface area (Å²) in [6.07, 6.45) is 7.44. The van der Waals surface area contributed by atoms with Crippen LogP contribution in [-0.2, 0) is 11.2 Å². The Morgan fingerprint density at radius 1 is 1.50 bits per heavy atom. The van der Waals surface area contributed by atoms with Gasteiger partial charge in [-0.1, -0.05) is 0 Å². The number of halogens is 1. The molecule has 2 atom stereocenters. The molecule has 3 heteroatoms. The molecule has 16 heavy (non-hydrogen) atoms. The van der Waals surface area contributed by atoms with Crippen LogP contribution in [0, 0.1) is 0 Å². The minimum atomic E-state index is 0.264. The Labute approximate surface area is 107 Å². The molecular formula is C13H19ClOS. The molecule has 90 valence electrons. The predicted octanol–water partition coefficient (Wildman–Crippen LogP) is 4.25. The van der Waals surface area contributed by atoms with Crippen LogP contribution in [0.25, 0.3) is 0 Å². The number of alkyl halides is 1. The lowest BCUT2D eigenvalue weighted by molar-refractivity contribution is 0.0100. The second-order valence-electron chi connectivity index (χ2n) is 4.50. The lowest BCUT2D eigenvalue weighted by Gasteiger charge is -2.23. The van der Waals surface area contributed by atoms with Gasteiger partial charge in [0, 0.05) is 12.0 Å². The van der Waals surface area contributed by atoms with Crippen molar-refractivity contribution in [1.29, 1.82) is 0 Å². The van der Waals surface area contributed by atoms with E-state index in [1.165, 1.54) is 24.8 Å². The first-order valence-electron chi connectivity index (χ1n) is 6.11. The van der Waals surface area contributed by atoms with Crippen LogP contribution in [0.2, 0.25) is 0 Å². The van der Waals surface area contributed by atoms with Crippen LogP contribution in [0.4, 0.5) is 0 Å². The zero-order chi connectivity index (χ0) is 11.2. The third-order valence-corrected chi connectivity index (χ3v) is 4.22. The van der Waals surface area contributed by atoms with Gasteiger partial charge in [-0.25, -0.2) is 0 Å². The van der Waals surface area contributed by atoms with E-state index in [0.29, 0.717) is 6.10 Å². The van der Waals surface area contributed by atoms with Gasteiger partial charge in [0.15, 0.2) is 0 Å². The molecule has 0 amide bonds. The number of hydrogen-bond acceptors (Lipinski definition) is 2. The van der Waals surface area contributed by atoms with E-state index < -0.39 is 0 Å². The second-order valence-corrected chi connectivity index (χ2v) is 5.90. The Morgan fingerprint density at radius 2 is 2.44 bits per heavy atom. The van der Waals surface area contributed by atoms with E-state index in [1.807, 2.05) is 0 Å². The molecule has 1 aromatic heterocycles. The average Bonchev–Trinajstić information content (AvgIpc) is 2.81. The van der Waals surface area contributed by atoms with Crippen LogP contribution in [0.1, 0.15) is 37.7 Å². The van der Waals surface area contributed by atoms with Crippen LogP contribution >= 0.6 is 22.9 Å². The smallest absolute Gasteiger partial charge is 0.0575 e. The van der Waals surface area contributed by atoms with Gasteiger partial charge in [0.2, 0.25) is 0 Å². The van der Waals surface area contributed by atoms with Gasteiger partial charge in [0.25, 0.3) is 0 Å². The van der Waals surface area contributed by atoms with Crippen molar-refractivity contribution in [3.05, 3.63) is 22.4 Å². The second kappa shape index (κ2) is 6.63. The summed E-state index contributed by atoms with van der Waals surface area (Å²) in [5.41, 5.74) is 1.37. The third-order valence-electron chi connectivity index (χ3n) is 3.11. The third kappa shape index (κ3) is 4.08. The Bertz CT molecular complexity index is 280. The number of hydrogen-bond donors (Lipinski definition) is 0. The zero-order valence-corrected chi connectivity index (χ0v) is 11.1. The van der Waals surface area contributed by atoms with Gasteiger partial charge in [0.1, 0.15) is 0 Å². The SMILES string of the molecule is ClC(CCC1CCCCO1)Cc1ccsc1. The molecule has 2 rings (SSSR count). The molecular weight excluding hydrogens is 240 g/mol. The predicted molar refractivity (Wildman–Crippen MR) is 70.5 cm³/mol. The first-order chi connectivity index (χ1) is 7.84. The van der Waals surface area contributed by atoms with Gasteiger partial charge in [-0.2, -0.15) is 11.3 Å². The fraction of sp³-hybridized carbons (Fsp3) is 0.692. The number of ether oxygens (including phenoxy) is 1. The zero-order valence-electron chi connectivity index (χ0n) is 9.53. The highest BCUT2D eigenvalue weighted by atomic mass is 35.5. The van der Waals surface area contributed by atoms with Crippen molar-refractivity contribution in [2.75, 3.05) is 6.61 Å². The molecule has 1 saturated heterocycles. The van der Waals surface area contributed by atoms with Crippen molar-refractivity contribution in [2.45, 2.75) is 50.0 Å². The normalized spacial score (nSPS) is 23.2. The fourth-order valence-corrected chi connectivity index (χ4v) is 3.15. The summed E-state index contributed by atoms with van der Waals surface area (Å²) in [5.74, 6) is 0. The number of rotatable bonds is 5. The van der Waals surface area contributed by atoms with E-state index in [2.05, 4.69) is 16.8 Å². The molecule has 1 fully saturated rings. The summed E-state index contributed by atoms with van der Waals surface area (Å²) in [6, 6.07) is 2.16. The monoisotopic (exact) mass is 258 g/mol. The van der Waals surface area contributed by atoms with E-state index in [1.54, 1.807) is 11.3 Å². The molecule has 0 aliphatic carbocycles. The average molecular weight is 259 g/mol. The van der Waals surface area contributed by atoms with Crippen molar-refractivity contribution >= 4 is 22.9 Å². The molecule has 0 saturated carbocycles. The van der Waals surface area contributed by atoms with Gasteiger partial charge >= 0.3 is 0 Å². The van der Waals surface area contributed by atoms with Crippen molar-refractivity contribution < 1.29 is 4.74 Å². The van der Waals surface area contributed by atoms with Crippen LogP contribution in [0.15, 0.2) is 16.8 Å². The Morgan fingerprint density at radius 3 is 3.12 bits per heavy atom. The van der Waals surface area contributed by atoms with E-state index in [4.69, 9.17) is 16.3 Å². The van der Waals surface area contributed by atoms with Gasteiger partial charge < -0.3 is 4.74 Å². The Balaban J connectivity index is 1.65. The van der Waals surface area contributed by atoms with Gasteiger partial charge in [-0.05, 0) is 60.9 Å². The standard InChI is InChI=1S/C13H19ClOS/c14-12(9-11-6-8-16-10-11)4-5-13-3-1-2-7-15-13/h6,8,10,12-13H,1-5,7,9H2. The van der Waals surface area contributed by atoms with E-state index in [0.717, 1.165) is 25.9 Å². The van der Waals surface area contributed by atoms with Gasteiger partial charge in [-0.3, -0.25) is 0 Å². The highest BCUT2D eigenvalue weighted by Gasteiger charge is 2.15. The lowest BCUT2D eigenvalue weighted by atomic mass is 10.0. The Kier molecular flexibility index (Phi) is 5.14. The maximum Gasteiger partial charge on any atom is 0.0575 e. The van der Waals surface area contributed by atoms with Crippen LogP contribution < -0.4 is 0 Å².